The summed E-state index contributed by atoms with van der Waals surface area (Å²) in [5, 5.41) is 1.01. The van der Waals surface area contributed by atoms with E-state index in [1.54, 1.807) is 30.5 Å². The van der Waals surface area contributed by atoms with Gasteiger partial charge in [0.05, 0.1) is 39.9 Å². The third-order valence-electron chi connectivity index (χ3n) is 4.31. The zero-order chi connectivity index (χ0) is 20.1. The van der Waals surface area contributed by atoms with Crippen molar-refractivity contribution in [2.24, 2.45) is 0 Å². The number of H-pyrrole nitrogens is 1. The molecule has 0 saturated carbocycles. The van der Waals surface area contributed by atoms with Gasteiger partial charge >= 0.3 is 29.6 Å². The van der Waals surface area contributed by atoms with Gasteiger partial charge in [-0.1, -0.05) is 24.9 Å². The molecule has 2 atom stereocenters. The molecule has 0 spiro atoms. The van der Waals surface area contributed by atoms with Crippen LogP contribution in [0.1, 0.15) is 39.4 Å². The van der Waals surface area contributed by atoms with Crippen molar-refractivity contribution < 1.29 is 44.7 Å². The fraction of sp³-hybridized carbons (Fsp3) is 0.400. The van der Waals surface area contributed by atoms with E-state index in [0.717, 1.165) is 29.4 Å². The van der Waals surface area contributed by atoms with Crippen molar-refractivity contribution in [1.82, 2.24) is 15.0 Å². The number of pyridine rings is 1. The van der Waals surface area contributed by atoms with Crippen LogP contribution < -0.4 is 34.3 Å². The van der Waals surface area contributed by atoms with Gasteiger partial charge in [-0.15, -0.1) is 0 Å². The number of hydrogen-bond acceptors (Lipinski definition) is 5. The number of rotatable bonds is 9. The van der Waals surface area contributed by atoms with Crippen molar-refractivity contribution >= 4 is 33.4 Å². The molecule has 9 heteroatoms. The second-order valence-electron chi connectivity index (χ2n) is 6.48. The second kappa shape index (κ2) is 11.4. The summed E-state index contributed by atoms with van der Waals surface area (Å²) in [6.07, 6.45) is 3.37. The normalized spacial score (nSPS) is 13.1. The van der Waals surface area contributed by atoms with E-state index >= 15 is 0 Å². The van der Waals surface area contributed by atoms with Gasteiger partial charge in [0.15, 0.2) is 11.4 Å². The maximum absolute atomic E-state index is 12.8. The third kappa shape index (κ3) is 6.51. The van der Waals surface area contributed by atoms with Crippen molar-refractivity contribution in [2.75, 3.05) is 6.61 Å². The van der Waals surface area contributed by atoms with Gasteiger partial charge in [-0.3, -0.25) is 9.19 Å². The fourth-order valence-corrected chi connectivity index (χ4v) is 3.97. The second-order valence-corrected chi connectivity index (χ2v) is 8.29. The maximum atomic E-state index is 12.8. The first-order chi connectivity index (χ1) is 13.5. The van der Waals surface area contributed by atoms with Gasteiger partial charge in [-0.25, -0.2) is 4.98 Å². The molecule has 0 radical (unpaired) electrons. The summed E-state index contributed by atoms with van der Waals surface area (Å²) in [6, 6.07) is 7.12. The van der Waals surface area contributed by atoms with E-state index in [2.05, 4.69) is 21.9 Å². The number of nitrogens with zero attached hydrogens (tertiary/aromatic N) is 2. The summed E-state index contributed by atoms with van der Waals surface area (Å²) in [5.74, 6) is 0.921. The molecule has 3 aromatic rings. The van der Waals surface area contributed by atoms with Crippen LogP contribution in [0.4, 0.5) is 0 Å². The Labute approximate surface area is 202 Å². The minimum absolute atomic E-state index is 0. The Bertz CT molecular complexity index is 989. The van der Waals surface area contributed by atoms with Crippen LogP contribution in [0.3, 0.4) is 0 Å². The van der Waals surface area contributed by atoms with Crippen molar-refractivity contribution in [1.29, 1.82) is 0 Å². The number of fused-ring (bicyclic) bond motifs is 1. The zero-order valence-electron chi connectivity index (χ0n) is 18.2. The van der Waals surface area contributed by atoms with Crippen molar-refractivity contribution in [3.63, 3.8) is 0 Å². The number of ether oxygens (including phenoxy) is 2. The Morgan fingerprint density at radius 1 is 1.34 bits per heavy atom. The predicted octanol–water partition coefficient (Wildman–Crippen LogP) is 1.89. The van der Waals surface area contributed by atoms with Crippen LogP contribution in [0.5, 0.6) is 5.75 Å². The molecule has 1 aromatic carbocycles. The molecular weight excluding hydrogens is 421 g/mol. The molecule has 0 fully saturated rings. The van der Waals surface area contributed by atoms with Crippen molar-refractivity contribution in [3.8, 4) is 5.75 Å². The average Bonchev–Trinajstić information content (AvgIpc) is 3.08. The first kappa shape index (κ1) is 24.3. The molecule has 2 unspecified atom stereocenters. The number of halogens is 1. The largest absolute Gasteiger partial charge is 1.00 e. The van der Waals surface area contributed by atoms with Crippen LogP contribution in [-0.4, -0.2) is 32.1 Å². The van der Waals surface area contributed by atoms with Crippen LogP contribution >= 0.6 is 11.6 Å². The number of hydrogen-bond donors (Lipinski definition) is 1. The molecule has 3 rings (SSSR count). The van der Waals surface area contributed by atoms with Gasteiger partial charge in [0.2, 0.25) is 0 Å². The molecule has 2 aromatic heterocycles. The summed E-state index contributed by atoms with van der Waals surface area (Å²) in [4.78, 5) is 11.9. The van der Waals surface area contributed by atoms with Gasteiger partial charge in [-0.05, 0) is 44.5 Å². The summed E-state index contributed by atoms with van der Waals surface area (Å²) in [5.41, 5.74) is 3.04. The molecule has 0 saturated heterocycles. The summed E-state index contributed by atoms with van der Waals surface area (Å²) in [7, 11) is -1.37. The Morgan fingerprint density at radius 3 is 2.90 bits per heavy atom. The van der Waals surface area contributed by atoms with Crippen LogP contribution in [0.25, 0.3) is 11.0 Å². The SMILES string of the molecule is CCCCOC(C)Oc1ccnc(CS(=O)c2nc3ccc(Cl)cc3[nH]2)c1C.[H-].[Na+]. The fourth-order valence-electron chi connectivity index (χ4n) is 2.70. The first-order valence-corrected chi connectivity index (χ1v) is 10.9. The smallest absolute Gasteiger partial charge is 1.00 e. The van der Waals surface area contributed by atoms with E-state index in [0.29, 0.717) is 28.2 Å². The standard InChI is InChI=1S/C20H24ClN3O3S.Na.H/c1-4-5-10-26-14(3)27-19-8-9-22-18(13(19)2)12-28(25)20-23-16-7-6-15(21)11-17(16)24-20;;/h6-9,11,14H,4-5,10,12H2,1-3H3,(H,23,24);;/q;+1;-1. The molecule has 0 aliphatic rings. The van der Waals surface area contributed by atoms with Crippen molar-refractivity contribution in [3.05, 3.63) is 46.7 Å². The molecule has 152 valence electrons. The number of imidazole rings is 1. The molecule has 1 N–H and O–H groups in total. The minimum atomic E-state index is -1.37. The minimum Gasteiger partial charge on any atom is -1.00 e. The molecular formula is C20H25ClN3NaO3S. The Balaban J connectivity index is 0.00000225. The molecule has 0 aliphatic heterocycles. The van der Waals surface area contributed by atoms with E-state index in [-0.39, 0.29) is 43.0 Å². The number of unbranched alkanes of at least 4 members (excludes halogenated alkanes) is 1. The quantitative estimate of drug-likeness (QED) is 0.309. The van der Waals surface area contributed by atoms with E-state index in [4.69, 9.17) is 21.1 Å². The Hall–Kier alpha value is -0.960. The van der Waals surface area contributed by atoms with Gasteiger partial charge in [0.25, 0.3) is 0 Å². The Morgan fingerprint density at radius 2 is 2.14 bits per heavy atom. The number of nitrogens with one attached hydrogen (secondary N) is 1. The van der Waals surface area contributed by atoms with Gasteiger partial charge in [-0.2, -0.15) is 0 Å². The summed E-state index contributed by atoms with van der Waals surface area (Å²) >= 11 is 6.00. The molecule has 29 heavy (non-hydrogen) atoms. The average molecular weight is 446 g/mol. The molecule has 0 aliphatic carbocycles. The maximum Gasteiger partial charge on any atom is 1.00 e. The summed E-state index contributed by atoms with van der Waals surface area (Å²) in [6.45, 7) is 6.55. The topological polar surface area (TPSA) is 77.1 Å². The third-order valence-corrected chi connectivity index (χ3v) is 5.70. The van der Waals surface area contributed by atoms with E-state index in [1.165, 1.54) is 0 Å². The molecule has 6 nitrogen and oxygen atoms in total. The van der Waals surface area contributed by atoms with E-state index < -0.39 is 10.8 Å². The number of benzene rings is 1. The van der Waals surface area contributed by atoms with Crippen LogP contribution in [0, 0.1) is 6.92 Å². The van der Waals surface area contributed by atoms with Crippen LogP contribution in [0.15, 0.2) is 35.6 Å². The number of aromatic nitrogens is 3. The summed E-state index contributed by atoms with van der Waals surface area (Å²) < 4.78 is 24.3. The van der Waals surface area contributed by atoms with Gasteiger partial charge in [0.1, 0.15) is 5.75 Å². The number of aromatic amines is 1. The molecule has 0 amide bonds. The monoisotopic (exact) mass is 445 g/mol. The molecule has 2 heterocycles. The van der Waals surface area contributed by atoms with Gasteiger partial charge in [0, 0.05) is 16.8 Å². The first-order valence-electron chi connectivity index (χ1n) is 9.24. The Kier molecular flexibility index (Phi) is 9.59. The molecule has 0 bridgehead atoms. The zero-order valence-corrected chi connectivity index (χ0v) is 20.8. The van der Waals surface area contributed by atoms with E-state index in [1.807, 2.05) is 13.8 Å². The van der Waals surface area contributed by atoms with Crippen molar-refractivity contribution in [2.45, 2.75) is 50.8 Å². The van der Waals surface area contributed by atoms with Gasteiger partial charge < -0.3 is 15.9 Å². The predicted molar refractivity (Wildman–Crippen MR) is 112 cm³/mol. The van der Waals surface area contributed by atoms with Crippen LogP contribution in [-0.2, 0) is 21.3 Å². The van der Waals surface area contributed by atoms with Crippen LogP contribution in [0.2, 0.25) is 5.02 Å². The van der Waals surface area contributed by atoms with E-state index in [9.17, 15) is 4.21 Å².